The lowest BCUT2D eigenvalue weighted by molar-refractivity contribution is 0.0948. The number of piperidine rings is 1. The minimum Gasteiger partial charge on any atom is -0.497 e. The van der Waals surface area contributed by atoms with Crippen LogP contribution in [0.3, 0.4) is 0 Å². The Labute approximate surface area is 183 Å². The summed E-state index contributed by atoms with van der Waals surface area (Å²) in [5.41, 5.74) is 0.242. The highest BCUT2D eigenvalue weighted by atomic mass is 32.1. The molecule has 4 rings (SSSR count). The first-order chi connectivity index (χ1) is 15.0. The Bertz CT molecular complexity index is 1160. The van der Waals surface area contributed by atoms with Crippen molar-refractivity contribution in [2.75, 3.05) is 32.2 Å². The van der Waals surface area contributed by atoms with Gasteiger partial charge in [0.1, 0.15) is 17.1 Å². The minimum absolute atomic E-state index is 0.0474. The molecule has 1 aromatic carbocycles. The third-order valence-electron chi connectivity index (χ3n) is 5.38. The quantitative estimate of drug-likeness (QED) is 0.624. The third kappa shape index (κ3) is 4.34. The van der Waals surface area contributed by atoms with E-state index in [0.717, 1.165) is 30.2 Å². The number of nitrogens with one attached hydrogen (secondary N) is 1. The number of aromatic nitrogens is 3. The van der Waals surface area contributed by atoms with Gasteiger partial charge in [0.25, 0.3) is 11.5 Å². The van der Waals surface area contributed by atoms with E-state index in [-0.39, 0.29) is 12.1 Å². The Morgan fingerprint density at radius 1 is 1.32 bits per heavy atom. The number of nitrogens with zero attached hydrogens (tertiary/aromatic N) is 4. The highest BCUT2D eigenvalue weighted by Gasteiger charge is 2.22. The van der Waals surface area contributed by atoms with Gasteiger partial charge in [-0.3, -0.25) is 9.59 Å². The van der Waals surface area contributed by atoms with Crippen molar-refractivity contribution in [3.8, 4) is 11.5 Å². The van der Waals surface area contributed by atoms with E-state index in [1.54, 1.807) is 32.4 Å². The molecular formula is C21H25N5O4S. The van der Waals surface area contributed by atoms with Gasteiger partial charge in [0.15, 0.2) is 0 Å². The van der Waals surface area contributed by atoms with E-state index in [1.165, 1.54) is 28.5 Å². The Hall–Kier alpha value is -3.14. The van der Waals surface area contributed by atoms with Crippen LogP contribution < -0.4 is 25.2 Å². The summed E-state index contributed by atoms with van der Waals surface area (Å²) in [4.78, 5) is 32.5. The highest BCUT2D eigenvalue weighted by molar-refractivity contribution is 7.20. The Morgan fingerprint density at radius 3 is 2.90 bits per heavy atom. The van der Waals surface area contributed by atoms with Crippen LogP contribution in [-0.2, 0) is 6.54 Å². The lowest BCUT2D eigenvalue weighted by atomic mass is 10.0. The van der Waals surface area contributed by atoms with E-state index in [2.05, 4.69) is 27.2 Å². The standard InChI is InChI=1S/C21H25N5O4S/c1-13-5-4-8-25(12-13)21-24-26-19(28)16(11-23-20(26)31-21)18(27)22-10-14-6-7-15(29-2)9-17(14)30-3/h6-7,9,11,13H,4-5,8,10,12H2,1-3H3,(H,22,27)/t13-/m0/s1. The van der Waals surface area contributed by atoms with Gasteiger partial charge in [-0.1, -0.05) is 18.3 Å². The van der Waals surface area contributed by atoms with Crippen molar-refractivity contribution >= 4 is 27.3 Å². The predicted octanol–water partition coefficient (Wildman–Crippen LogP) is 2.33. The summed E-state index contributed by atoms with van der Waals surface area (Å²) in [6.45, 7) is 4.23. The van der Waals surface area contributed by atoms with Gasteiger partial charge in [-0.05, 0) is 30.9 Å². The van der Waals surface area contributed by atoms with Gasteiger partial charge in [0.2, 0.25) is 10.1 Å². The van der Waals surface area contributed by atoms with Crippen molar-refractivity contribution in [2.24, 2.45) is 5.92 Å². The third-order valence-corrected chi connectivity index (χ3v) is 6.37. The zero-order valence-electron chi connectivity index (χ0n) is 17.8. The average molecular weight is 444 g/mol. The number of hydrogen-bond donors (Lipinski definition) is 1. The normalized spacial score (nSPS) is 16.4. The molecule has 1 aliphatic heterocycles. The van der Waals surface area contributed by atoms with Gasteiger partial charge in [-0.25, -0.2) is 4.98 Å². The summed E-state index contributed by atoms with van der Waals surface area (Å²) in [7, 11) is 3.12. The fourth-order valence-electron chi connectivity index (χ4n) is 3.69. The van der Waals surface area contributed by atoms with Crippen molar-refractivity contribution in [3.63, 3.8) is 0 Å². The second kappa shape index (κ2) is 8.93. The van der Waals surface area contributed by atoms with Crippen LogP contribution in [0.4, 0.5) is 5.13 Å². The fraction of sp³-hybridized carbons (Fsp3) is 0.429. The number of fused-ring (bicyclic) bond motifs is 1. The number of amides is 1. The van der Waals surface area contributed by atoms with Crippen LogP contribution in [-0.4, -0.2) is 47.8 Å². The predicted molar refractivity (Wildman–Crippen MR) is 118 cm³/mol. The number of rotatable bonds is 6. The molecular weight excluding hydrogens is 418 g/mol. The SMILES string of the molecule is COc1ccc(CNC(=O)c2cnc3sc(N4CCC[C@H](C)C4)nn3c2=O)c(OC)c1. The number of methoxy groups -OCH3 is 2. The lowest BCUT2D eigenvalue weighted by Gasteiger charge is -2.30. The molecule has 0 bridgehead atoms. The van der Waals surface area contributed by atoms with Crippen LogP contribution in [0.1, 0.15) is 35.7 Å². The molecule has 0 radical (unpaired) electrons. The summed E-state index contributed by atoms with van der Waals surface area (Å²) in [5, 5.41) is 7.97. The van der Waals surface area contributed by atoms with Gasteiger partial charge in [0.05, 0.1) is 14.2 Å². The molecule has 1 amide bonds. The molecule has 1 atom stereocenters. The maximum Gasteiger partial charge on any atom is 0.288 e. The summed E-state index contributed by atoms with van der Waals surface area (Å²) in [6.07, 6.45) is 3.61. The molecule has 0 unspecified atom stereocenters. The maximum absolute atomic E-state index is 12.9. The van der Waals surface area contributed by atoms with Crippen molar-refractivity contribution in [1.29, 1.82) is 0 Å². The Morgan fingerprint density at radius 2 is 2.16 bits per heavy atom. The number of hydrogen-bond acceptors (Lipinski definition) is 8. The largest absolute Gasteiger partial charge is 0.497 e. The molecule has 9 nitrogen and oxygen atoms in total. The first kappa shape index (κ1) is 21.1. The van der Waals surface area contributed by atoms with Crippen molar-refractivity contribution < 1.29 is 14.3 Å². The maximum atomic E-state index is 12.9. The van der Waals surface area contributed by atoms with Gasteiger partial charge < -0.3 is 19.7 Å². The second-order valence-corrected chi connectivity index (χ2v) is 8.54. The van der Waals surface area contributed by atoms with Crippen molar-refractivity contribution in [2.45, 2.75) is 26.3 Å². The van der Waals surface area contributed by atoms with Crippen LogP contribution in [0.2, 0.25) is 0 Å². The molecule has 31 heavy (non-hydrogen) atoms. The molecule has 164 valence electrons. The summed E-state index contributed by atoms with van der Waals surface area (Å²) < 4.78 is 11.8. The van der Waals surface area contributed by atoms with E-state index in [9.17, 15) is 9.59 Å². The monoisotopic (exact) mass is 443 g/mol. The molecule has 1 aliphatic rings. The van der Waals surface area contributed by atoms with Crippen LogP contribution in [0, 0.1) is 5.92 Å². The summed E-state index contributed by atoms with van der Waals surface area (Å²) in [6, 6.07) is 5.32. The van der Waals surface area contributed by atoms with E-state index in [4.69, 9.17) is 9.47 Å². The minimum atomic E-state index is -0.508. The van der Waals surface area contributed by atoms with Crippen molar-refractivity contribution in [1.82, 2.24) is 19.9 Å². The van der Waals surface area contributed by atoms with E-state index in [0.29, 0.717) is 22.4 Å². The lowest BCUT2D eigenvalue weighted by Crippen LogP contribution is -2.34. The van der Waals surface area contributed by atoms with Crippen LogP contribution in [0.5, 0.6) is 11.5 Å². The number of carbonyl (C=O) groups is 1. The number of benzene rings is 1. The van der Waals surface area contributed by atoms with Gasteiger partial charge in [0, 0.05) is 37.5 Å². The fourth-order valence-corrected chi connectivity index (χ4v) is 4.59. The molecule has 1 saturated heterocycles. The molecule has 0 spiro atoms. The molecule has 0 aliphatic carbocycles. The molecule has 1 fully saturated rings. The zero-order valence-corrected chi connectivity index (χ0v) is 18.6. The summed E-state index contributed by atoms with van der Waals surface area (Å²) >= 11 is 1.37. The van der Waals surface area contributed by atoms with Crippen LogP contribution in [0.25, 0.3) is 4.96 Å². The first-order valence-corrected chi connectivity index (χ1v) is 10.9. The number of ether oxygens (including phenoxy) is 2. The number of carbonyl (C=O) groups excluding carboxylic acids is 1. The number of anilines is 1. The highest BCUT2D eigenvalue weighted by Crippen LogP contribution is 2.27. The molecule has 1 N–H and O–H groups in total. The summed E-state index contributed by atoms with van der Waals surface area (Å²) in [5.74, 6) is 1.32. The van der Waals surface area contributed by atoms with Crippen LogP contribution in [0.15, 0.2) is 29.2 Å². The molecule has 0 saturated carbocycles. The molecule has 2 aromatic heterocycles. The molecule has 10 heteroatoms. The van der Waals surface area contributed by atoms with E-state index in [1.807, 2.05) is 0 Å². The topological polar surface area (TPSA) is 98.1 Å². The Balaban J connectivity index is 1.53. The van der Waals surface area contributed by atoms with Crippen LogP contribution >= 0.6 is 11.3 Å². The van der Waals surface area contributed by atoms with Crippen molar-refractivity contribution in [3.05, 3.63) is 45.9 Å². The first-order valence-electron chi connectivity index (χ1n) is 10.1. The van der Waals surface area contributed by atoms with Gasteiger partial charge >= 0.3 is 0 Å². The molecule has 3 heterocycles. The van der Waals surface area contributed by atoms with Gasteiger partial charge in [-0.2, -0.15) is 4.52 Å². The zero-order chi connectivity index (χ0) is 22.0. The smallest absolute Gasteiger partial charge is 0.288 e. The second-order valence-electron chi connectivity index (χ2n) is 7.61. The average Bonchev–Trinajstić information content (AvgIpc) is 3.23. The Kier molecular flexibility index (Phi) is 6.08. The molecule has 3 aromatic rings. The van der Waals surface area contributed by atoms with E-state index < -0.39 is 11.5 Å². The van der Waals surface area contributed by atoms with Gasteiger partial charge in [-0.15, -0.1) is 5.10 Å². The van der Waals surface area contributed by atoms with E-state index >= 15 is 0 Å².